The first-order chi connectivity index (χ1) is 9.42. The molecular weight excluding hydrogens is 262 g/mol. The van der Waals surface area contributed by atoms with Gasteiger partial charge in [0.05, 0.1) is 18.1 Å². The summed E-state index contributed by atoms with van der Waals surface area (Å²) in [7, 11) is 0. The van der Waals surface area contributed by atoms with Crippen LogP contribution in [-0.4, -0.2) is 34.1 Å². The maximum absolute atomic E-state index is 5.75. The van der Waals surface area contributed by atoms with Crippen LogP contribution in [0.3, 0.4) is 0 Å². The van der Waals surface area contributed by atoms with Crippen molar-refractivity contribution >= 4 is 11.8 Å². The number of aromatic nitrogens is 3. The number of ether oxygens (including phenoxy) is 2. The highest BCUT2D eigenvalue weighted by molar-refractivity contribution is 7.99. The first kappa shape index (κ1) is 11.0. The van der Waals surface area contributed by atoms with E-state index in [9.17, 15) is 0 Å². The van der Waals surface area contributed by atoms with E-state index in [0.717, 1.165) is 39.8 Å². The maximum atomic E-state index is 5.75. The Hall–Kier alpha value is -1.82. The molecule has 4 heterocycles. The molecule has 2 aromatic rings. The second-order valence-electron chi connectivity index (χ2n) is 4.34. The van der Waals surface area contributed by atoms with Crippen molar-refractivity contribution in [1.29, 1.82) is 0 Å². The van der Waals surface area contributed by atoms with Gasteiger partial charge in [0.25, 0.3) is 0 Å². The SMILES string of the molecule is c1cc2c(c(-c3cc4c(nn3)OCC4)n1)OCCS2. The molecule has 0 radical (unpaired) electrons. The van der Waals surface area contributed by atoms with Crippen LogP contribution in [0.1, 0.15) is 5.56 Å². The maximum Gasteiger partial charge on any atom is 0.236 e. The Kier molecular flexibility index (Phi) is 2.55. The predicted molar refractivity (Wildman–Crippen MR) is 70.7 cm³/mol. The van der Waals surface area contributed by atoms with E-state index in [1.165, 1.54) is 0 Å². The zero-order valence-electron chi connectivity index (χ0n) is 10.1. The van der Waals surface area contributed by atoms with E-state index < -0.39 is 0 Å². The Bertz CT molecular complexity index is 648. The summed E-state index contributed by atoms with van der Waals surface area (Å²) in [6, 6.07) is 3.98. The number of rotatable bonds is 1. The minimum atomic E-state index is 0.642. The first-order valence-corrected chi connectivity index (χ1v) is 7.15. The van der Waals surface area contributed by atoms with Gasteiger partial charge in [0, 0.05) is 23.9 Å². The van der Waals surface area contributed by atoms with E-state index in [4.69, 9.17) is 9.47 Å². The van der Waals surface area contributed by atoms with Crippen molar-refractivity contribution < 1.29 is 9.47 Å². The number of thioether (sulfide) groups is 1. The Labute approximate surface area is 114 Å². The zero-order chi connectivity index (χ0) is 12.7. The smallest absolute Gasteiger partial charge is 0.236 e. The van der Waals surface area contributed by atoms with Crippen molar-refractivity contribution in [2.45, 2.75) is 11.3 Å². The van der Waals surface area contributed by atoms with Crippen LogP contribution in [0, 0.1) is 0 Å². The number of pyridine rings is 1. The molecule has 96 valence electrons. The van der Waals surface area contributed by atoms with Crippen molar-refractivity contribution in [3.8, 4) is 23.0 Å². The lowest BCUT2D eigenvalue weighted by atomic mass is 10.1. The monoisotopic (exact) mass is 273 g/mol. The van der Waals surface area contributed by atoms with Gasteiger partial charge in [-0.1, -0.05) is 0 Å². The van der Waals surface area contributed by atoms with Gasteiger partial charge >= 0.3 is 0 Å². The number of fused-ring (bicyclic) bond motifs is 2. The molecule has 4 rings (SSSR count). The Balaban J connectivity index is 1.84. The van der Waals surface area contributed by atoms with E-state index in [1.807, 2.05) is 12.1 Å². The molecule has 0 amide bonds. The van der Waals surface area contributed by atoms with Gasteiger partial charge in [-0.25, -0.2) is 0 Å². The van der Waals surface area contributed by atoms with Gasteiger partial charge in [-0.2, -0.15) is 0 Å². The fourth-order valence-electron chi connectivity index (χ4n) is 2.25. The standard InChI is InChI=1S/C13H11N3O2S/c1-3-14-11(12-10(1)19-6-5-17-12)9-7-8-2-4-18-13(8)16-15-9/h1,3,7H,2,4-6H2. The van der Waals surface area contributed by atoms with Gasteiger partial charge in [0.1, 0.15) is 11.4 Å². The Morgan fingerprint density at radius 2 is 2.16 bits per heavy atom. The van der Waals surface area contributed by atoms with Crippen LogP contribution in [0.15, 0.2) is 23.2 Å². The largest absolute Gasteiger partial charge is 0.489 e. The van der Waals surface area contributed by atoms with Crippen molar-refractivity contribution in [1.82, 2.24) is 15.2 Å². The fraction of sp³-hybridized carbons (Fsp3) is 0.308. The summed E-state index contributed by atoms with van der Waals surface area (Å²) in [5, 5.41) is 8.31. The van der Waals surface area contributed by atoms with Crippen LogP contribution < -0.4 is 9.47 Å². The molecule has 0 spiro atoms. The molecule has 0 aliphatic carbocycles. The lowest BCUT2D eigenvalue weighted by Gasteiger charge is -2.18. The van der Waals surface area contributed by atoms with Gasteiger partial charge in [-0.3, -0.25) is 4.98 Å². The third-order valence-electron chi connectivity index (χ3n) is 3.14. The molecule has 19 heavy (non-hydrogen) atoms. The summed E-state index contributed by atoms with van der Waals surface area (Å²) in [6.07, 6.45) is 2.67. The molecule has 0 saturated carbocycles. The molecule has 2 aliphatic heterocycles. The molecule has 2 aliphatic rings. The third kappa shape index (κ3) is 1.83. The minimum absolute atomic E-state index is 0.642. The van der Waals surface area contributed by atoms with Crippen LogP contribution in [-0.2, 0) is 6.42 Å². The molecule has 0 N–H and O–H groups in total. The van der Waals surface area contributed by atoms with Crippen LogP contribution in [0.4, 0.5) is 0 Å². The summed E-state index contributed by atoms with van der Waals surface area (Å²) >= 11 is 1.79. The average Bonchev–Trinajstić information content (AvgIpc) is 2.94. The molecule has 0 atom stereocenters. The Morgan fingerprint density at radius 1 is 1.16 bits per heavy atom. The molecule has 2 aromatic heterocycles. The van der Waals surface area contributed by atoms with Crippen LogP contribution in [0.5, 0.6) is 11.6 Å². The summed E-state index contributed by atoms with van der Waals surface area (Å²) in [5.74, 6) is 2.44. The highest BCUT2D eigenvalue weighted by Crippen LogP contribution is 2.39. The minimum Gasteiger partial charge on any atom is -0.489 e. The van der Waals surface area contributed by atoms with Gasteiger partial charge in [0.15, 0.2) is 5.75 Å². The summed E-state index contributed by atoms with van der Waals surface area (Å²) in [4.78, 5) is 5.53. The van der Waals surface area contributed by atoms with Crippen molar-refractivity contribution in [3.63, 3.8) is 0 Å². The molecule has 0 saturated heterocycles. The summed E-state index contributed by atoms with van der Waals surface area (Å²) < 4.78 is 11.1. The number of hydrogen-bond donors (Lipinski definition) is 0. The van der Waals surface area contributed by atoms with Crippen molar-refractivity contribution in [3.05, 3.63) is 23.9 Å². The van der Waals surface area contributed by atoms with Crippen LogP contribution in [0.25, 0.3) is 11.4 Å². The second-order valence-corrected chi connectivity index (χ2v) is 5.48. The lowest BCUT2D eigenvalue weighted by molar-refractivity contribution is 0.329. The van der Waals surface area contributed by atoms with E-state index >= 15 is 0 Å². The number of nitrogens with zero attached hydrogens (tertiary/aromatic N) is 3. The van der Waals surface area contributed by atoms with E-state index in [0.29, 0.717) is 19.1 Å². The van der Waals surface area contributed by atoms with Crippen molar-refractivity contribution in [2.24, 2.45) is 0 Å². The molecule has 0 bridgehead atoms. The lowest BCUT2D eigenvalue weighted by Crippen LogP contribution is -2.09. The van der Waals surface area contributed by atoms with Gasteiger partial charge in [-0.15, -0.1) is 22.0 Å². The number of hydrogen-bond acceptors (Lipinski definition) is 6. The summed E-state index contributed by atoms with van der Waals surface area (Å²) in [5.41, 5.74) is 2.61. The molecule has 5 nitrogen and oxygen atoms in total. The zero-order valence-corrected chi connectivity index (χ0v) is 10.9. The summed E-state index contributed by atoms with van der Waals surface area (Å²) in [6.45, 7) is 1.39. The van der Waals surface area contributed by atoms with Gasteiger partial charge in [-0.05, 0) is 12.1 Å². The first-order valence-electron chi connectivity index (χ1n) is 6.16. The van der Waals surface area contributed by atoms with E-state index in [1.54, 1.807) is 18.0 Å². The molecule has 0 fully saturated rings. The Morgan fingerprint density at radius 3 is 3.16 bits per heavy atom. The van der Waals surface area contributed by atoms with Crippen molar-refractivity contribution in [2.75, 3.05) is 19.0 Å². The van der Waals surface area contributed by atoms with Crippen LogP contribution >= 0.6 is 11.8 Å². The molecular formula is C13H11N3O2S. The van der Waals surface area contributed by atoms with Gasteiger partial charge in [0.2, 0.25) is 5.88 Å². The van der Waals surface area contributed by atoms with Gasteiger partial charge < -0.3 is 9.47 Å². The fourth-order valence-corrected chi connectivity index (χ4v) is 3.09. The highest BCUT2D eigenvalue weighted by atomic mass is 32.2. The highest BCUT2D eigenvalue weighted by Gasteiger charge is 2.21. The third-order valence-corrected chi connectivity index (χ3v) is 4.15. The average molecular weight is 273 g/mol. The van der Waals surface area contributed by atoms with Crippen LogP contribution in [0.2, 0.25) is 0 Å². The van der Waals surface area contributed by atoms with E-state index in [2.05, 4.69) is 15.2 Å². The molecule has 0 unspecified atom stereocenters. The topological polar surface area (TPSA) is 57.1 Å². The predicted octanol–water partition coefficient (Wildman–Crippen LogP) is 1.96. The normalized spacial score (nSPS) is 16.2. The molecule has 6 heteroatoms. The van der Waals surface area contributed by atoms with E-state index in [-0.39, 0.29) is 0 Å². The second kappa shape index (κ2) is 4.38. The quantitative estimate of drug-likeness (QED) is 0.791. The molecule has 0 aromatic carbocycles.